The van der Waals surface area contributed by atoms with E-state index in [2.05, 4.69) is 46.5 Å². The third-order valence-electron chi connectivity index (χ3n) is 4.06. The predicted octanol–water partition coefficient (Wildman–Crippen LogP) is 4.57. The van der Waals surface area contributed by atoms with Crippen LogP contribution in [0.3, 0.4) is 0 Å². The lowest BCUT2D eigenvalue weighted by atomic mass is 10.1. The van der Waals surface area contributed by atoms with Crippen LogP contribution in [0.4, 0.5) is 5.69 Å². The summed E-state index contributed by atoms with van der Waals surface area (Å²) in [6, 6.07) is 20.5. The zero-order valence-electron chi connectivity index (χ0n) is 13.4. The molecule has 4 nitrogen and oxygen atoms in total. The van der Waals surface area contributed by atoms with Gasteiger partial charge in [-0.2, -0.15) is 0 Å². The first kappa shape index (κ1) is 14.5. The van der Waals surface area contributed by atoms with Gasteiger partial charge >= 0.3 is 0 Å². The molecule has 0 amide bonds. The molecule has 1 aromatic carbocycles. The standard InChI is InChI=1S/C20H18N4/c1-15(18-6-2-4-12-21-18)22-17-10-8-16(9-11-17)19-14-24-13-5-3-7-20(24)23-19/h2-15,22H,1H3. The number of fused-ring (bicyclic) bond motifs is 1. The lowest BCUT2D eigenvalue weighted by Crippen LogP contribution is -2.07. The number of benzene rings is 1. The second kappa shape index (κ2) is 6.16. The molecule has 0 radical (unpaired) electrons. The van der Waals surface area contributed by atoms with E-state index in [4.69, 9.17) is 0 Å². The van der Waals surface area contributed by atoms with E-state index < -0.39 is 0 Å². The molecule has 118 valence electrons. The van der Waals surface area contributed by atoms with Crippen LogP contribution in [0.15, 0.2) is 79.3 Å². The molecule has 1 N–H and O–H groups in total. The van der Waals surface area contributed by atoms with Gasteiger partial charge in [0.1, 0.15) is 5.65 Å². The third kappa shape index (κ3) is 2.86. The molecule has 1 atom stereocenters. The van der Waals surface area contributed by atoms with Crippen molar-refractivity contribution in [3.63, 3.8) is 0 Å². The summed E-state index contributed by atoms with van der Waals surface area (Å²) in [6.07, 6.45) is 5.88. The van der Waals surface area contributed by atoms with Crippen molar-refractivity contribution in [3.8, 4) is 11.3 Å². The van der Waals surface area contributed by atoms with Crippen molar-refractivity contribution in [2.24, 2.45) is 0 Å². The van der Waals surface area contributed by atoms with E-state index in [1.807, 2.05) is 59.4 Å². The highest BCUT2D eigenvalue weighted by Crippen LogP contribution is 2.23. The van der Waals surface area contributed by atoms with Gasteiger partial charge in [0.25, 0.3) is 0 Å². The Hall–Kier alpha value is -3.14. The van der Waals surface area contributed by atoms with Gasteiger partial charge in [-0.25, -0.2) is 4.98 Å². The van der Waals surface area contributed by atoms with Crippen LogP contribution in [-0.4, -0.2) is 14.4 Å². The molecule has 0 fully saturated rings. The number of imidazole rings is 1. The van der Waals surface area contributed by atoms with Crippen molar-refractivity contribution >= 4 is 11.3 Å². The average molecular weight is 314 g/mol. The third-order valence-corrected chi connectivity index (χ3v) is 4.06. The van der Waals surface area contributed by atoms with Crippen LogP contribution in [0.2, 0.25) is 0 Å². The first-order valence-corrected chi connectivity index (χ1v) is 8.01. The fraction of sp³-hybridized carbons (Fsp3) is 0.100. The maximum Gasteiger partial charge on any atom is 0.137 e. The van der Waals surface area contributed by atoms with E-state index in [0.717, 1.165) is 28.3 Å². The van der Waals surface area contributed by atoms with E-state index in [1.54, 1.807) is 0 Å². The summed E-state index contributed by atoms with van der Waals surface area (Å²) in [5.41, 5.74) is 5.14. The summed E-state index contributed by atoms with van der Waals surface area (Å²) in [7, 11) is 0. The molecule has 0 aliphatic carbocycles. The molecular formula is C20H18N4. The Morgan fingerprint density at radius 1 is 0.958 bits per heavy atom. The number of nitrogens with one attached hydrogen (secondary N) is 1. The van der Waals surface area contributed by atoms with Gasteiger partial charge in [0, 0.05) is 29.8 Å². The van der Waals surface area contributed by atoms with Gasteiger partial charge in [0.05, 0.1) is 17.4 Å². The fourth-order valence-corrected chi connectivity index (χ4v) is 2.77. The molecule has 0 bridgehead atoms. The van der Waals surface area contributed by atoms with Crippen molar-refractivity contribution in [1.82, 2.24) is 14.4 Å². The minimum atomic E-state index is 0.159. The molecule has 3 heterocycles. The van der Waals surface area contributed by atoms with Crippen LogP contribution < -0.4 is 5.32 Å². The maximum atomic E-state index is 4.65. The van der Waals surface area contributed by atoms with E-state index in [0.29, 0.717) is 0 Å². The molecule has 4 rings (SSSR count). The zero-order valence-corrected chi connectivity index (χ0v) is 13.4. The molecule has 1 unspecified atom stereocenters. The Bertz CT molecular complexity index is 909. The highest BCUT2D eigenvalue weighted by molar-refractivity contribution is 5.65. The Morgan fingerprint density at radius 2 is 1.79 bits per heavy atom. The summed E-state index contributed by atoms with van der Waals surface area (Å²) in [4.78, 5) is 9.04. The number of rotatable bonds is 4. The predicted molar refractivity (Wildman–Crippen MR) is 96.9 cm³/mol. The van der Waals surface area contributed by atoms with Crippen LogP contribution in [0.5, 0.6) is 0 Å². The van der Waals surface area contributed by atoms with Gasteiger partial charge in [-0.15, -0.1) is 0 Å². The molecule has 4 aromatic rings. The normalized spacial score (nSPS) is 12.2. The van der Waals surface area contributed by atoms with Crippen molar-refractivity contribution in [2.45, 2.75) is 13.0 Å². The summed E-state index contributed by atoms with van der Waals surface area (Å²) >= 11 is 0. The van der Waals surface area contributed by atoms with Crippen LogP contribution in [0.1, 0.15) is 18.7 Å². The van der Waals surface area contributed by atoms with Crippen molar-refractivity contribution in [1.29, 1.82) is 0 Å². The number of anilines is 1. The zero-order chi connectivity index (χ0) is 16.4. The van der Waals surface area contributed by atoms with Crippen LogP contribution in [0.25, 0.3) is 16.9 Å². The summed E-state index contributed by atoms with van der Waals surface area (Å²) in [5.74, 6) is 0. The van der Waals surface area contributed by atoms with Crippen LogP contribution in [-0.2, 0) is 0 Å². The Balaban J connectivity index is 1.54. The van der Waals surface area contributed by atoms with E-state index in [9.17, 15) is 0 Å². The van der Waals surface area contributed by atoms with Gasteiger partial charge in [-0.3, -0.25) is 4.98 Å². The first-order chi connectivity index (χ1) is 11.8. The highest BCUT2D eigenvalue weighted by Gasteiger charge is 2.07. The minimum Gasteiger partial charge on any atom is -0.377 e. The average Bonchev–Trinajstić information content (AvgIpc) is 3.07. The number of hydrogen-bond acceptors (Lipinski definition) is 3. The summed E-state index contributed by atoms with van der Waals surface area (Å²) in [6.45, 7) is 2.11. The monoisotopic (exact) mass is 314 g/mol. The lowest BCUT2D eigenvalue weighted by molar-refractivity contribution is 0.839. The lowest BCUT2D eigenvalue weighted by Gasteiger charge is -2.14. The van der Waals surface area contributed by atoms with E-state index >= 15 is 0 Å². The largest absolute Gasteiger partial charge is 0.377 e. The molecule has 24 heavy (non-hydrogen) atoms. The second-order valence-corrected chi connectivity index (χ2v) is 5.79. The molecular weight excluding hydrogens is 296 g/mol. The molecule has 4 heteroatoms. The smallest absolute Gasteiger partial charge is 0.137 e. The Kier molecular flexibility index (Phi) is 3.71. The number of hydrogen-bond donors (Lipinski definition) is 1. The van der Waals surface area contributed by atoms with Gasteiger partial charge in [-0.05, 0) is 43.3 Å². The van der Waals surface area contributed by atoms with Crippen molar-refractivity contribution in [3.05, 3.63) is 84.9 Å². The first-order valence-electron chi connectivity index (χ1n) is 8.01. The maximum absolute atomic E-state index is 4.65. The molecule has 3 aromatic heterocycles. The highest BCUT2D eigenvalue weighted by atomic mass is 15.0. The minimum absolute atomic E-state index is 0.159. The van der Waals surface area contributed by atoms with Crippen molar-refractivity contribution in [2.75, 3.05) is 5.32 Å². The van der Waals surface area contributed by atoms with E-state index in [1.165, 1.54) is 0 Å². The molecule has 0 aliphatic heterocycles. The Labute approximate surface area is 140 Å². The van der Waals surface area contributed by atoms with Crippen LogP contribution >= 0.6 is 0 Å². The second-order valence-electron chi connectivity index (χ2n) is 5.79. The topological polar surface area (TPSA) is 42.2 Å². The van der Waals surface area contributed by atoms with Gasteiger partial charge in [-0.1, -0.05) is 24.3 Å². The van der Waals surface area contributed by atoms with E-state index in [-0.39, 0.29) is 6.04 Å². The summed E-state index contributed by atoms with van der Waals surface area (Å²) < 4.78 is 2.03. The number of nitrogens with zero attached hydrogens (tertiary/aromatic N) is 3. The quantitative estimate of drug-likeness (QED) is 0.600. The Morgan fingerprint density at radius 3 is 2.54 bits per heavy atom. The number of aromatic nitrogens is 3. The van der Waals surface area contributed by atoms with Gasteiger partial charge in [0.2, 0.25) is 0 Å². The SMILES string of the molecule is CC(Nc1ccc(-c2cn3ccccc3n2)cc1)c1ccccn1. The molecule has 0 aliphatic rings. The molecule has 0 spiro atoms. The van der Waals surface area contributed by atoms with Crippen LogP contribution in [0, 0.1) is 0 Å². The fourth-order valence-electron chi connectivity index (χ4n) is 2.77. The molecule has 0 saturated carbocycles. The van der Waals surface area contributed by atoms with Crippen molar-refractivity contribution < 1.29 is 0 Å². The molecule has 0 saturated heterocycles. The number of pyridine rings is 2. The van der Waals surface area contributed by atoms with Gasteiger partial charge in [0.15, 0.2) is 0 Å². The summed E-state index contributed by atoms with van der Waals surface area (Å²) in [5, 5.41) is 3.48. The van der Waals surface area contributed by atoms with Gasteiger partial charge < -0.3 is 9.72 Å².